The lowest BCUT2D eigenvalue weighted by atomic mass is 9.73. The fourth-order valence-corrected chi connectivity index (χ4v) is 4.61. The molecule has 0 radical (unpaired) electrons. The van der Waals surface area contributed by atoms with Crippen molar-refractivity contribution in [2.45, 2.75) is 46.6 Å². The molecule has 0 bridgehead atoms. The van der Waals surface area contributed by atoms with Crippen molar-refractivity contribution in [1.82, 2.24) is 30.0 Å². The molecule has 5 rings (SSSR count). The molecule has 1 unspecified atom stereocenters. The van der Waals surface area contributed by atoms with Crippen molar-refractivity contribution >= 4 is 11.7 Å². The molecule has 0 fully saturated rings. The highest BCUT2D eigenvalue weighted by atomic mass is 16.1. The summed E-state index contributed by atoms with van der Waals surface area (Å²) in [5.74, 6) is 0.701. The topological polar surface area (TPSA) is 90.5 Å². The van der Waals surface area contributed by atoms with Gasteiger partial charge in [0.2, 0.25) is 5.95 Å². The van der Waals surface area contributed by atoms with Crippen molar-refractivity contribution in [3.05, 3.63) is 58.6 Å². The van der Waals surface area contributed by atoms with Crippen LogP contribution >= 0.6 is 0 Å². The van der Waals surface area contributed by atoms with E-state index in [0.29, 0.717) is 12.4 Å². The lowest BCUT2D eigenvalue weighted by Crippen LogP contribution is -2.37. The van der Waals surface area contributed by atoms with Gasteiger partial charge in [-0.05, 0) is 48.2 Å². The monoisotopic (exact) mass is 389 g/mol. The molecule has 8 nitrogen and oxygen atoms in total. The molecule has 1 N–H and O–H groups in total. The van der Waals surface area contributed by atoms with Gasteiger partial charge in [0.1, 0.15) is 6.04 Å². The standard InChI is InChI=1S/C21H23N7O/c1-12-17(13(2)27(24-12)14-8-6-5-7-9-14)19-18-15(10-21(3,4)11-16(18)29)22-20-23-25-26-28(19)20/h5-9,19H,10-11H2,1-4H3,(H,22,23,26). The normalized spacial score (nSPS) is 20.3. The molecule has 2 aromatic heterocycles. The van der Waals surface area contributed by atoms with Crippen LogP contribution < -0.4 is 5.32 Å². The Morgan fingerprint density at radius 1 is 1.14 bits per heavy atom. The van der Waals surface area contributed by atoms with Gasteiger partial charge in [-0.3, -0.25) is 4.79 Å². The number of carbonyl (C=O) groups excluding carboxylic acids is 1. The first-order valence-electron chi connectivity index (χ1n) is 9.78. The third kappa shape index (κ3) is 2.70. The van der Waals surface area contributed by atoms with Crippen LogP contribution in [-0.4, -0.2) is 35.8 Å². The Morgan fingerprint density at radius 3 is 2.66 bits per heavy atom. The van der Waals surface area contributed by atoms with Gasteiger partial charge in [-0.25, -0.2) is 4.68 Å². The molecule has 1 aromatic carbocycles. The molecule has 0 saturated heterocycles. The molecule has 3 aromatic rings. The number of carbonyl (C=O) groups is 1. The first-order valence-corrected chi connectivity index (χ1v) is 9.78. The molecule has 0 amide bonds. The number of fused-ring (bicyclic) bond motifs is 1. The predicted octanol–water partition coefficient (Wildman–Crippen LogP) is 3.13. The summed E-state index contributed by atoms with van der Waals surface area (Å²) in [5, 5.41) is 20.3. The van der Waals surface area contributed by atoms with E-state index in [4.69, 9.17) is 5.10 Å². The van der Waals surface area contributed by atoms with Gasteiger partial charge in [0, 0.05) is 28.9 Å². The minimum atomic E-state index is -0.377. The van der Waals surface area contributed by atoms with Crippen LogP contribution in [0.15, 0.2) is 41.6 Å². The van der Waals surface area contributed by atoms with Gasteiger partial charge >= 0.3 is 0 Å². The summed E-state index contributed by atoms with van der Waals surface area (Å²) in [6, 6.07) is 9.62. The van der Waals surface area contributed by atoms with Crippen molar-refractivity contribution in [2.24, 2.45) is 5.41 Å². The maximum atomic E-state index is 13.3. The second-order valence-electron chi connectivity index (χ2n) is 8.64. The third-order valence-electron chi connectivity index (χ3n) is 5.81. The number of hydrogen-bond donors (Lipinski definition) is 1. The van der Waals surface area contributed by atoms with Crippen LogP contribution in [0.1, 0.15) is 49.7 Å². The Hall–Kier alpha value is -3.29. The van der Waals surface area contributed by atoms with Gasteiger partial charge in [0.05, 0.1) is 11.4 Å². The van der Waals surface area contributed by atoms with E-state index in [-0.39, 0.29) is 17.2 Å². The van der Waals surface area contributed by atoms with E-state index in [1.807, 2.05) is 48.9 Å². The number of benzene rings is 1. The van der Waals surface area contributed by atoms with Crippen LogP contribution in [0.25, 0.3) is 5.69 Å². The fraction of sp³-hybridized carbons (Fsp3) is 0.381. The van der Waals surface area contributed by atoms with Crippen molar-refractivity contribution in [3.8, 4) is 5.69 Å². The molecular formula is C21H23N7O. The second kappa shape index (κ2) is 6.10. The summed E-state index contributed by atoms with van der Waals surface area (Å²) in [6.45, 7) is 8.25. The number of nitrogens with zero attached hydrogens (tertiary/aromatic N) is 6. The van der Waals surface area contributed by atoms with Crippen LogP contribution in [0.5, 0.6) is 0 Å². The smallest absolute Gasteiger partial charge is 0.248 e. The molecule has 1 aliphatic heterocycles. The maximum Gasteiger partial charge on any atom is 0.248 e. The highest BCUT2D eigenvalue weighted by molar-refractivity contribution is 6.00. The molecule has 3 heterocycles. The number of aromatic nitrogens is 6. The van der Waals surface area contributed by atoms with Crippen LogP contribution in [0, 0.1) is 19.3 Å². The number of Topliss-reactive ketones (excluding diaryl/α,β-unsaturated/α-hetero) is 1. The third-order valence-corrected chi connectivity index (χ3v) is 5.81. The number of hydrogen-bond acceptors (Lipinski definition) is 6. The van der Waals surface area contributed by atoms with E-state index in [9.17, 15) is 4.79 Å². The van der Waals surface area contributed by atoms with Crippen molar-refractivity contribution < 1.29 is 4.79 Å². The number of allylic oxidation sites excluding steroid dienone is 2. The van der Waals surface area contributed by atoms with E-state index in [0.717, 1.165) is 40.3 Å². The summed E-state index contributed by atoms with van der Waals surface area (Å²) in [4.78, 5) is 13.3. The lowest BCUT2D eigenvalue weighted by Gasteiger charge is -2.37. The Morgan fingerprint density at radius 2 is 1.90 bits per heavy atom. The number of rotatable bonds is 2. The average Bonchev–Trinajstić information content (AvgIpc) is 3.24. The Bertz CT molecular complexity index is 1150. The summed E-state index contributed by atoms with van der Waals surface area (Å²) >= 11 is 0. The molecule has 8 heteroatoms. The zero-order chi connectivity index (χ0) is 20.3. The van der Waals surface area contributed by atoms with E-state index in [1.165, 1.54) is 0 Å². The van der Waals surface area contributed by atoms with E-state index >= 15 is 0 Å². The second-order valence-corrected chi connectivity index (χ2v) is 8.64. The van der Waals surface area contributed by atoms with Crippen LogP contribution in [0.4, 0.5) is 5.95 Å². The number of ketones is 1. The summed E-state index contributed by atoms with van der Waals surface area (Å²) < 4.78 is 3.63. The molecule has 2 aliphatic rings. The summed E-state index contributed by atoms with van der Waals surface area (Å²) in [6.07, 6.45) is 1.29. The highest BCUT2D eigenvalue weighted by Crippen LogP contribution is 2.46. The molecule has 0 spiro atoms. The Balaban J connectivity index is 1.72. The van der Waals surface area contributed by atoms with Gasteiger partial charge in [0.25, 0.3) is 0 Å². The zero-order valence-corrected chi connectivity index (χ0v) is 17.0. The quantitative estimate of drug-likeness (QED) is 0.724. The number of tetrazole rings is 1. The SMILES string of the molecule is Cc1nn(-c2ccccc2)c(C)c1C1C2=C(CC(C)(C)CC2=O)Nc2nnnn21. The zero-order valence-electron chi connectivity index (χ0n) is 17.0. The minimum Gasteiger partial charge on any atom is -0.326 e. The predicted molar refractivity (Wildman–Crippen MR) is 108 cm³/mol. The fourth-order valence-electron chi connectivity index (χ4n) is 4.61. The Kier molecular flexibility index (Phi) is 3.74. The molecule has 1 atom stereocenters. The van der Waals surface area contributed by atoms with Gasteiger partial charge in [-0.2, -0.15) is 9.78 Å². The molecule has 29 heavy (non-hydrogen) atoms. The van der Waals surface area contributed by atoms with E-state index < -0.39 is 0 Å². The first kappa shape index (κ1) is 17.8. The highest BCUT2D eigenvalue weighted by Gasteiger charge is 2.43. The molecule has 1 aliphatic carbocycles. The molecular weight excluding hydrogens is 366 g/mol. The largest absolute Gasteiger partial charge is 0.326 e. The van der Waals surface area contributed by atoms with E-state index in [2.05, 4.69) is 34.7 Å². The van der Waals surface area contributed by atoms with Crippen molar-refractivity contribution in [1.29, 1.82) is 0 Å². The van der Waals surface area contributed by atoms with Crippen LogP contribution in [0.2, 0.25) is 0 Å². The summed E-state index contributed by atoms with van der Waals surface area (Å²) in [5.41, 5.74) is 5.38. The maximum absolute atomic E-state index is 13.3. The number of aryl methyl sites for hydroxylation is 1. The summed E-state index contributed by atoms with van der Waals surface area (Å²) in [7, 11) is 0. The van der Waals surface area contributed by atoms with Gasteiger partial charge in [-0.15, -0.1) is 0 Å². The number of para-hydroxylation sites is 1. The van der Waals surface area contributed by atoms with Gasteiger partial charge in [-0.1, -0.05) is 37.1 Å². The Labute approximate surface area is 168 Å². The van der Waals surface area contributed by atoms with Crippen LogP contribution in [0.3, 0.4) is 0 Å². The number of anilines is 1. The molecule has 148 valence electrons. The van der Waals surface area contributed by atoms with Gasteiger partial charge in [0.15, 0.2) is 5.78 Å². The number of nitrogens with one attached hydrogen (secondary N) is 1. The van der Waals surface area contributed by atoms with Gasteiger partial charge < -0.3 is 5.32 Å². The lowest BCUT2D eigenvalue weighted by molar-refractivity contribution is -0.118. The average molecular weight is 389 g/mol. The van der Waals surface area contributed by atoms with E-state index in [1.54, 1.807) is 4.68 Å². The molecule has 0 saturated carbocycles. The van der Waals surface area contributed by atoms with Crippen molar-refractivity contribution in [2.75, 3.05) is 5.32 Å². The van der Waals surface area contributed by atoms with Crippen molar-refractivity contribution in [3.63, 3.8) is 0 Å². The first-order chi connectivity index (χ1) is 13.9. The van der Waals surface area contributed by atoms with Crippen LogP contribution in [-0.2, 0) is 4.79 Å². The minimum absolute atomic E-state index is 0.0958.